The van der Waals surface area contributed by atoms with Gasteiger partial charge in [0, 0.05) is 0 Å². The molecule has 0 aliphatic heterocycles. The van der Waals surface area contributed by atoms with Crippen molar-refractivity contribution in [2.45, 2.75) is 100 Å². The van der Waals surface area contributed by atoms with Crippen LogP contribution in [0.4, 0.5) is 0 Å². The Morgan fingerprint density at radius 2 is 1.79 bits per heavy atom. The highest BCUT2D eigenvalue weighted by molar-refractivity contribution is 5.65. The van der Waals surface area contributed by atoms with E-state index < -0.39 is 0 Å². The van der Waals surface area contributed by atoms with Crippen molar-refractivity contribution in [2.24, 2.45) is 17.3 Å². The van der Waals surface area contributed by atoms with Gasteiger partial charge in [0.25, 0.3) is 0 Å². The molecule has 0 radical (unpaired) electrons. The Hall–Kier alpha value is -3.12. The monoisotopic (exact) mass is 562 g/mol. The number of rotatable bonds is 14. The lowest BCUT2D eigenvalue weighted by Gasteiger charge is -2.38. The third-order valence-electron chi connectivity index (χ3n) is 9.61. The van der Waals surface area contributed by atoms with E-state index in [1.54, 1.807) is 0 Å². The second kappa shape index (κ2) is 16.5. The van der Waals surface area contributed by atoms with Crippen LogP contribution in [0.2, 0.25) is 0 Å². The van der Waals surface area contributed by atoms with Crippen LogP contribution in [-0.4, -0.2) is 0 Å². The first kappa shape index (κ1) is 35.1. The van der Waals surface area contributed by atoms with E-state index in [9.17, 15) is 0 Å². The van der Waals surface area contributed by atoms with Crippen molar-refractivity contribution in [3.05, 3.63) is 124 Å². The van der Waals surface area contributed by atoms with E-state index >= 15 is 0 Å². The Balaban J connectivity index is 2.38. The number of hydrogen-bond acceptors (Lipinski definition) is 0. The highest BCUT2D eigenvalue weighted by Gasteiger charge is 2.32. The summed E-state index contributed by atoms with van der Waals surface area (Å²) < 4.78 is 0. The Morgan fingerprint density at radius 1 is 1.07 bits per heavy atom. The fourth-order valence-electron chi connectivity index (χ4n) is 5.98. The van der Waals surface area contributed by atoms with Crippen LogP contribution in [0.3, 0.4) is 0 Å². The van der Waals surface area contributed by atoms with Crippen LogP contribution in [0, 0.1) is 24.2 Å². The lowest BCUT2D eigenvalue weighted by molar-refractivity contribution is 0.189. The largest absolute Gasteiger partial charge is 0.0990 e. The zero-order chi connectivity index (χ0) is 31.4. The zero-order valence-corrected chi connectivity index (χ0v) is 28.2. The molecule has 0 fully saturated rings. The fourth-order valence-corrected chi connectivity index (χ4v) is 5.98. The van der Waals surface area contributed by atoms with E-state index in [-0.39, 0.29) is 0 Å². The minimum absolute atomic E-state index is 0.359. The van der Waals surface area contributed by atoms with Crippen molar-refractivity contribution in [1.82, 2.24) is 0 Å². The van der Waals surface area contributed by atoms with Crippen molar-refractivity contribution < 1.29 is 0 Å². The first-order valence-electron chi connectivity index (χ1n) is 16.0. The summed E-state index contributed by atoms with van der Waals surface area (Å²) in [6, 6.07) is 4.63. The molecule has 0 unspecified atom stereocenters. The molecule has 1 aromatic carbocycles. The maximum absolute atomic E-state index is 4.59. The number of aryl methyl sites for hydroxylation is 1. The minimum Gasteiger partial charge on any atom is -0.0990 e. The molecule has 2 rings (SSSR count). The van der Waals surface area contributed by atoms with E-state index in [1.165, 1.54) is 57.1 Å². The van der Waals surface area contributed by atoms with Gasteiger partial charge in [0.15, 0.2) is 0 Å². The molecule has 1 aromatic rings. The van der Waals surface area contributed by atoms with Crippen LogP contribution >= 0.6 is 0 Å². The van der Waals surface area contributed by atoms with Gasteiger partial charge < -0.3 is 0 Å². The summed E-state index contributed by atoms with van der Waals surface area (Å²) in [4.78, 5) is 0. The quantitative estimate of drug-likeness (QED) is 0.198. The molecule has 0 amide bonds. The maximum Gasteiger partial charge on any atom is -0.0159 e. The predicted octanol–water partition coefficient (Wildman–Crippen LogP) is 11.3. The van der Waals surface area contributed by atoms with Gasteiger partial charge in [-0.3, -0.25) is 0 Å². The maximum atomic E-state index is 4.59. The smallest absolute Gasteiger partial charge is 0.0159 e. The summed E-state index contributed by atoms with van der Waals surface area (Å²) in [5.41, 5.74) is 10.8. The van der Waals surface area contributed by atoms with Crippen LogP contribution in [0.25, 0.3) is 18.2 Å². The number of benzene rings is 1. The first-order valence-corrected chi connectivity index (χ1v) is 16.0. The van der Waals surface area contributed by atoms with E-state index in [4.69, 9.17) is 0 Å². The van der Waals surface area contributed by atoms with Crippen LogP contribution in [0.5, 0.6) is 0 Å². The summed E-state index contributed by atoms with van der Waals surface area (Å²) in [5, 5.41) is 2.39. The summed E-state index contributed by atoms with van der Waals surface area (Å²) in [6.07, 6.45) is 25.1. The summed E-state index contributed by atoms with van der Waals surface area (Å²) in [6.45, 7) is 35.1. The number of allylic oxidation sites excluding steroid dienone is 13. The van der Waals surface area contributed by atoms with Crippen LogP contribution < -0.4 is 10.4 Å². The fraction of sp³-hybridized carbons (Fsp3) is 0.429. The predicted molar refractivity (Wildman–Crippen MR) is 192 cm³/mol. The molecule has 0 N–H and O–H groups in total. The van der Waals surface area contributed by atoms with Crippen LogP contribution in [0.15, 0.2) is 102 Å². The van der Waals surface area contributed by atoms with Gasteiger partial charge in [-0.05, 0) is 139 Å². The Bertz CT molecular complexity index is 1390. The van der Waals surface area contributed by atoms with Gasteiger partial charge in [-0.15, -0.1) is 0 Å². The highest BCUT2D eigenvalue weighted by atomic mass is 14.4. The van der Waals surface area contributed by atoms with Crippen molar-refractivity contribution in [3.8, 4) is 0 Å². The van der Waals surface area contributed by atoms with E-state index in [1.807, 2.05) is 18.2 Å². The van der Waals surface area contributed by atoms with Gasteiger partial charge in [-0.1, -0.05) is 121 Å². The molecule has 0 heterocycles. The summed E-state index contributed by atoms with van der Waals surface area (Å²) in [7, 11) is 0. The molecule has 0 bridgehead atoms. The molecule has 1 aliphatic rings. The SMILES string of the molecule is C=C/C=C(C=C)/C(C)=C/C=C(\C=C/C)[C@@H](CCC)CCC(=C)c1cc(C)c(=C)/c(=C\C2=C(C)CC[C@@](C)(C(C)C)C2)c1. The second-order valence-electron chi connectivity index (χ2n) is 13.0. The minimum atomic E-state index is 0.359. The van der Waals surface area contributed by atoms with Gasteiger partial charge in [0.05, 0.1) is 0 Å². The van der Waals surface area contributed by atoms with Crippen LogP contribution in [-0.2, 0) is 0 Å². The van der Waals surface area contributed by atoms with Gasteiger partial charge in [-0.25, -0.2) is 0 Å². The molecule has 0 saturated carbocycles. The standard InChI is InChI=1S/C42H58/c1-13-17-36(16-4)31(7)20-22-37(18-14-2)38(19-15-3)23-21-32(8)39-26-34(10)35(11)40(27-39)28-41-29-42(12,30(5)6)25-24-33(41)9/h13-14,16-18,20,22,26-28,30,38H,1,4,8,11,15,19,21,23-25,29H2,2-3,5-7,9-10,12H3/b18-14-,31-20+,36-17+,37-22+,40-28-/t38-,42+/m0/s1. The van der Waals surface area contributed by atoms with Crippen molar-refractivity contribution in [3.63, 3.8) is 0 Å². The molecule has 2 atom stereocenters. The molecule has 1 aliphatic carbocycles. The van der Waals surface area contributed by atoms with Crippen molar-refractivity contribution in [1.29, 1.82) is 0 Å². The summed E-state index contributed by atoms with van der Waals surface area (Å²) in [5.74, 6) is 1.15. The Labute approximate surface area is 259 Å². The van der Waals surface area contributed by atoms with Crippen molar-refractivity contribution >= 4 is 18.2 Å². The molecule has 226 valence electrons. The first-order chi connectivity index (χ1) is 19.9. The molecule has 42 heavy (non-hydrogen) atoms. The molecule has 0 spiro atoms. The molecular weight excluding hydrogens is 504 g/mol. The van der Waals surface area contributed by atoms with Gasteiger partial charge >= 0.3 is 0 Å². The van der Waals surface area contributed by atoms with Gasteiger partial charge in [-0.2, -0.15) is 0 Å². The lowest BCUT2D eigenvalue weighted by Crippen LogP contribution is -2.30. The lowest BCUT2D eigenvalue weighted by atomic mass is 9.67. The van der Waals surface area contributed by atoms with E-state index in [0.29, 0.717) is 17.3 Å². The van der Waals surface area contributed by atoms with Crippen molar-refractivity contribution in [2.75, 3.05) is 0 Å². The molecule has 0 heteroatoms. The van der Waals surface area contributed by atoms with Crippen LogP contribution in [0.1, 0.15) is 105 Å². The second-order valence-corrected chi connectivity index (χ2v) is 13.0. The normalized spacial score (nSPS) is 20.0. The highest BCUT2D eigenvalue weighted by Crippen LogP contribution is 2.44. The average molecular weight is 563 g/mol. The molecule has 0 nitrogen and oxygen atoms in total. The Morgan fingerprint density at radius 3 is 2.38 bits per heavy atom. The number of hydrogen-bond donors (Lipinski definition) is 0. The zero-order valence-electron chi connectivity index (χ0n) is 28.2. The average Bonchev–Trinajstić information content (AvgIpc) is 2.95. The van der Waals surface area contributed by atoms with Gasteiger partial charge in [0.1, 0.15) is 0 Å². The van der Waals surface area contributed by atoms with E-state index in [2.05, 4.69) is 124 Å². The summed E-state index contributed by atoms with van der Waals surface area (Å²) >= 11 is 0. The molecule has 0 aromatic heterocycles. The molecular formula is C42H58. The third-order valence-corrected chi connectivity index (χ3v) is 9.61. The van der Waals surface area contributed by atoms with Gasteiger partial charge in [0.2, 0.25) is 0 Å². The third kappa shape index (κ3) is 9.45. The Kier molecular flexibility index (Phi) is 13.8. The topological polar surface area (TPSA) is 0 Å². The van der Waals surface area contributed by atoms with E-state index in [0.717, 1.165) is 42.9 Å². The molecule has 0 saturated heterocycles.